The number of aliphatic hydroxyl groups excluding tert-OH is 1. The summed E-state index contributed by atoms with van der Waals surface area (Å²) < 4.78 is 5.55. The fourth-order valence-electron chi connectivity index (χ4n) is 2.17. The van der Waals surface area contributed by atoms with Gasteiger partial charge in [0.05, 0.1) is 18.8 Å². The first-order valence-electron chi connectivity index (χ1n) is 4.74. The first-order chi connectivity index (χ1) is 5.68. The summed E-state index contributed by atoms with van der Waals surface area (Å²) in [6.07, 6.45) is 1.01. The maximum atomic E-state index is 9.54. The van der Waals surface area contributed by atoms with Crippen LogP contribution in [0.3, 0.4) is 0 Å². The van der Waals surface area contributed by atoms with E-state index in [9.17, 15) is 5.11 Å². The van der Waals surface area contributed by atoms with Gasteiger partial charge in [0.15, 0.2) is 0 Å². The Morgan fingerprint density at radius 2 is 2.17 bits per heavy atom. The van der Waals surface area contributed by atoms with E-state index in [1.807, 2.05) is 0 Å². The van der Waals surface area contributed by atoms with Crippen LogP contribution in [0.4, 0.5) is 0 Å². The van der Waals surface area contributed by atoms with Crippen LogP contribution in [0.25, 0.3) is 0 Å². The molecule has 12 heavy (non-hydrogen) atoms. The monoisotopic (exact) mass is 171 g/mol. The molecule has 2 saturated heterocycles. The summed E-state index contributed by atoms with van der Waals surface area (Å²) in [5, 5.41) is 13.0. The van der Waals surface area contributed by atoms with E-state index in [1.165, 1.54) is 0 Å². The Kier molecular flexibility index (Phi) is 2.10. The van der Waals surface area contributed by atoms with Crippen LogP contribution in [0.5, 0.6) is 0 Å². The Balaban J connectivity index is 2.08. The molecule has 5 atom stereocenters. The predicted octanol–water partition coefficient (Wildman–Crippen LogP) is 0.133. The molecule has 0 radical (unpaired) electrons. The van der Waals surface area contributed by atoms with E-state index in [-0.39, 0.29) is 12.1 Å². The third-order valence-electron chi connectivity index (χ3n) is 3.28. The molecule has 5 unspecified atom stereocenters. The standard InChI is InChI=1S/C9H17NO2/c1-5-6(2)10-7-3-9(5)12-4-8(7)11/h5-11H,3-4H2,1-2H3. The number of piperidine rings is 1. The molecule has 0 spiro atoms. The molecule has 0 aliphatic carbocycles. The van der Waals surface area contributed by atoms with Gasteiger partial charge >= 0.3 is 0 Å². The highest BCUT2D eigenvalue weighted by Gasteiger charge is 2.39. The molecule has 2 aliphatic rings. The van der Waals surface area contributed by atoms with Gasteiger partial charge in [0.1, 0.15) is 0 Å². The number of hydrogen-bond donors (Lipinski definition) is 2. The summed E-state index contributed by atoms with van der Waals surface area (Å²) in [6, 6.07) is 0.721. The molecule has 2 rings (SSSR count). The van der Waals surface area contributed by atoms with Crippen molar-refractivity contribution in [3.63, 3.8) is 0 Å². The molecule has 0 aromatic carbocycles. The highest BCUT2D eigenvalue weighted by Crippen LogP contribution is 2.28. The normalized spacial score (nSPS) is 53.8. The summed E-state index contributed by atoms with van der Waals surface area (Å²) >= 11 is 0. The number of nitrogens with one attached hydrogen (secondary N) is 1. The van der Waals surface area contributed by atoms with E-state index in [1.54, 1.807) is 0 Å². The lowest BCUT2D eigenvalue weighted by molar-refractivity contribution is -0.120. The quantitative estimate of drug-likeness (QED) is 0.544. The fraction of sp³-hybridized carbons (Fsp3) is 1.00. The minimum Gasteiger partial charge on any atom is -0.389 e. The van der Waals surface area contributed by atoms with Gasteiger partial charge in [-0.3, -0.25) is 0 Å². The van der Waals surface area contributed by atoms with Crippen LogP contribution in [0.15, 0.2) is 0 Å². The number of rotatable bonds is 0. The van der Waals surface area contributed by atoms with Crippen molar-refractivity contribution in [3.8, 4) is 0 Å². The van der Waals surface area contributed by atoms with Crippen molar-refractivity contribution < 1.29 is 9.84 Å². The minimum absolute atomic E-state index is 0.259. The van der Waals surface area contributed by atoms with Crippen molar-refractivity contribution in [2.45, 2.75) is 44.6 Å². The van der Waals surface area contributed by atoms with Crippen molar-refractivity contribution in [2.75, 3.05) is 6.61 Å². The van der Waals surface area contributed by atoms with Gasteiger partial charge in [-0.25, -0.2) is 0 Å². The molecule has 2 N–H and O–H groups in total. The number of ether oxygens (including phenoxy) is 1. The van der Waals surface area contributed by atoms with Crippen LogP contribution in [0.1, 0.15) is 20.3 Å². The summed E-state index contributed by atoms with van der Waals surface area (Å²) in [6.45, 7) is 4.86. The van der Waals surface area contributed by atoms with Crippen molar-refractivity contribution in [2.24, 2.45) is 5.92 Å². The van der Waals surface area contributed by atoms with E-state index in [0.29, 0.717) is 24.7 Å². The Morgan fingerprint density at radius 3 is 2.92 bits per heavy atom. The highest BCUT2D eigenvalue weighted by atomic mass is 16.5. The van der Waals surface area contributed by atoms with Crippen molar-refractivity contribution in [1.82, 2.24) is 5.32 Å². The van der Waals surface area contributed by atoms with Crippen molar-refractivity contribution in [1.29, 1.82) is 0 Å². The largest absolute Gasteiger partial charge is 0.389 e. The van der Waals surface area contributed by atoms with E-state index in [4.69, 9.17) is 4.74 Å². The first kappa shape index (κ1) is 8.48. The number of aliphatic hydroxyl groups is 1. The maximum Gasteiger partial charge on any atom is 0.0927 e. The van der Waals surface area contributed by atoms with E-state index in [2.05, 4.69) is 19.2 Å². The van der Waals surface area contributed by atoms with Gasteiger partial charge in [0.2, 0.25) is 0 Å². The molecular formula is C9H17NO2. The van der Waals surface area contributed by atoms with Gasteiger partial charge in [-0.1, -0.05) is 6.92 Å². The SMILES string of the molecule is CC1NC2CC(OCC2O)C1C. The second-order valence-corrected chi connectivity index (χ2v) is 4.10. The zero-order valence-corrected chi connectivity index (χ0v) is 7.66. The lowest BCUT2D eigenvalue weighted by Gasteiger charge is -2.45. The lowest BCUT2D eigenvalue weighted by atomic mass is 9.83. The molecule has 2 bridgehead atoms. The second kappa shape index (κ2) is 2.98. The third kappa shape index (κ3) is 1.26. The Hall–Kier alpha value is -0.120. The van der Waals surface area contributed by atoms with Crippen LogP contribution < -0.4 is 5.32 Å². The summed E-state index contributed by atoms with van der Waals surface area (Å²) in [7, 11) is 0. The molecule has 0 aromatic heterocycles. The van der Waals surface area contributed by atoms with Gasteiger partial charge in [0.25, 0.3) is 0 Å². The van der Waals surface area contributed by atoms with Gasteiger partial charge in [0, 0.05) is 12.1 Å². The number of fused-ring (bicyclic) bond motifs is 2. The second-order valence-electron chi connectivity index (χ2n) is 4.10. The van der Waals surface area contributed by atoms with Crippen LogP contribution in [0, 0.1) is 5.92 Å². The molecule has 0 amide bonds. The van der Waals surface area contributed by atoms with E-state index < -0.39 is 0 Å². The van der Waals surface area contributed by atoms with Crippen LogP contribution >= 0.6 is 0 Å². The molecule has 0 aromatic rings. The zero-order chi connectivity index (χ0) is 8.72. The summed E-state index contributed by atoms with van der Waals surface area (Å²) in [5.41, 5.74) is 0. The molecule has 3 heteroatoms. The van der Waals surface area contributed by atoms with Crippen molar-refractivity contribution in [3.05, 3.63) is 0 Å². The van der Waals surface area contributed by atoms with Crippen LogP contribution in [0.2, 0.25) is 0 Å². The van der Waals surface area contributed by atoms with E-state index in [0.717, 1.165) is 6.42 Å². The highest BCUT2D eigenvalue weighted by molar-refractivity contribution is 4.94. The Bertz CT molecular complexity index is 172. The zero-order valence-electron chi connectivity index (χ0n) is 7.66. The van der Waals surface area contributed by atoms with Gasteiger partial charge in [-0.05, 0) is 19.3 Å². The molecular weight excluding hydrogens is 154 g/mol. The average Bonchev–Trinajstić information content (AvgIpc) is 2.06. The Morgan fingerprint density at radius 1 is 1.42 bits per heavy atom. The summed E-state index contributed by atoms with van der Waals surface area (Å²) in [5.74, 6) is 0.564. The molecule has 0 saturated carbocycles. The lowest BCUT2D eigenvalue weighted by Crippen LogP contribution is -2.60. The molecule has 70 valence electrons. The van der Waals surface area contributed by atoms with Crippen molar-refractivity contribution >= 4 is 0 Å². The average molecular weight is 171 g/mol. The predicted molar refractivity (Wildman–Crippen MR) is 45.9 cm³/mol. The van der Waals surface area contributed by atoms with Gasteiger partial charge < -0.3 is 15.2 Å². The van der Waals surface area contributed by atoms with Crippen LogP contribution in [-0.4, -0.2) is 36.0 Å². The van der Waals surface area contributed by atoms with Gasteiger partial charge in [-0.15, -0.1) is 0 Å². The molecule has 3 nitrogen and oxygen atoms in total. The smallest absolute Gasteiger partial charge is 0.0927 e. The summed E-state index contributed by atoms with van der Waals surface area (Å²) in [4.78, 5) is 0. The molecule has 2 fully saturated rings. The molecule has 2 heterocycles. The first-order valence-corrected chi connectivity index (χ1v) is 4.74. The Labute approximate surface area is 73.1 Å². The number of hydrogen-bond acceptors (Lipinski definition) is 3. The maximum absolute atomic E-state index is 9.54. The fourth-order valence-corrected chi connectivity index (χ4v) is 2.17. The van der Waals surface area contributed by atoms with E-state index >= 15 is 0 Å². The molecule has 2 aliphatic heterocycles. The van der Waals surface area contributed by atoms with Crippen LogP contribution in [-0.2, 0) is 4.74 Å². The van der Waals surface area contributed by atoms with Gasteiger partial charge in [-0.2, -0.15) is 0 Å². The minimum atomic E-state index is -0.309. The third-order valence-corrected chi connectivity index (χ3v) is 3.28. The topological polar surface area (TPSA) is 41.5 Å².